The molecule has 0 bridgehead atoms. The summed E-state index contributed by atoms with van der Waals surface area (Å²) in [5, 5.41) is 13.1. The van der Waals surface area contributed by atoms with Gasteiger partial charge in [0.25, 0.3) is 0 Å². The van der Waals surface area contributed by atoms with Gasteiger partial charge in [0.1, 0.15) is 0 Å². The van der Waals surface area contributed by atoms with Gasteiger partial charge in [-0.1, -0.05) is 24.6 Å². The molecule has 19 heavy (non-hydrogen) atoms. The molecule has 106 valence electrons. The highest BCUT2D eigenvalue weighted by atomic mass is 35.5. The van der Waals surface area contributed by atoms with Gasteiger partial charge in [-0.15, -0.1) is 0 Å². The van der Waals surface area contributed by atoms with E-state index in [0.29, 0.717) is 5.92 Å². The lowest BCUT2D eigenvalue weighted by molar-refractivity contribution is 0.263. The second-order valence-electron chi connectivity index (χ2n) is 5.18. The number of hydrogen-bond acceptors (Lipinski definition) is 3. The van der Waals surface area contributed by atoms with E-state index in [1.165, 1.54) is 5.56 Å². The molecule has 0 spiro atoms. The van der Waals surface area contributed by atoms with Crippen LogP contribution in [0.1, 0.15) is 25.3 Å². The largest absolute Gasteiger partial charge is 0.396 e. The highest BCUT2D eigenvalue weighted by molar-refractivity contribution is 6.33. The van der Waals surface area contributed by atoms with Crippen molar-refractivity contribution >= 4 is 17.3 Å². The van der Waals surface area contributed by atoms with Crippen LogP contribution in [0.25, 0.3) is 0 Å². The third kappa shape index (κ3) is 3.85. The normalized spacial score (nSPS) is 19.1. The first-order valence-corrected chi connectivity index (χ1v) is 7.47. The quantitative estimate of drug-likeness (QED) is 0.842. The van der Waals surface area contributed by atoms with Gasteiger partial charge in [-0.2, -0.15) is 0 Å². The van der Waals surface area contributed by atoms with E-state index in [4.69, 9.17) is 16.7 Å². The average Bonchev–Trinajstić information content (AvgIpc) is 2.85. The predicted molar refractivity (Wildman–Crippen MR) is 80.9 cm³/mol. The van der Waals surface area contributed by atoms with Crippen LogP contribution in [0.4, 0.5) is 5.69 Å². The molecular weight excluding hydrogens is 260 g/mol. The van der Waals surface area contributed by atoms with E-state index in [1.54, 1.807) is 0 Å². The molecule has 0 saturated carbocycles. The second-order valence-corrected chi connectivity index (χ2v) is 5.59. The molecule has 1 aliphatic rings. The lowest BCUT2D eigenvalue weighted by atomic mass is 10.1. The van der Waals surface area contributed by atoms with Crippen LogP contribution in [0.15, 0.2) is 18.2 Å². The number of hydrogen-bond donors (Lipinski definition) is 2. The molecule has 4 heteroatoms. The molecule has 2 N–H and O–H groups in total. The van der Waals surface area contributed by atoms with Gasteiger partial charge in [-0.05, 0) is 43.0 Å². The fraction of sp³-hybridized carbons (Fsp3) is 0.600. The van der Waals surface area contributed by atoms with Crippen LogP contribution in [-0.2, 0) is 6.54 Å². The van der Waals surface area contributed by atoms with Crippen LogP contribution in [0.2, 0.25) is 5.02 Å². The van der Waals surface area contributed by atoms with Crippen molar-refractivity contribution in [2.24, 2.45) is 5.92 Å². The van der Waals surface area contributed by atoms with E-state index in [1.807, 2.05) is 0 Å². The molecule has 2 rings (SSSR count). The summed E-state index contributed by atoms with van der Waals surface area (Å²) < 4.78 is 0. The summed E-state index contributed by atoms with van der Waals surface area (Å²) in [6.07, 6.45) is 2.04. The Kier molecular flexibility index (Phi) is 5.49. The van der Waals surface area contributed by atoms with Crippen molar-refractivity contribution in [3.05, 3.63) is 28.8 Å². The SMILES string of the molecule is CCNCc1ccc(N2CCC(CCO)C2)c(Cl)c1. The van der Waals surface area contributed by atoms with Crippen LogP contribution in [0.5, 0.6) is 0 Å². The fourth-order valence-corrected chi connectivity index (χ4v) is 2.98. The van der Waals surface area contributed by atoms with Crippen molar-refractivity contribution in [3.63, 3.8) is 0 Å². The topological polar surface area (TPSA) is 35.5 Å². The third-order valence-electron chi connectivity index (χ3n) is 3.76. The van der Waals surface area contributed by atoms with E-state index < -0.39 is 0 Å². The summed E-state index contributed by atoms with van der Waals surface area (Å²) in [6, 6.07) is 6.32. The maximum absolute atomic E-state index is 9.01. The summed E-state index contributed by atoms with van der Waals surface area (Å²) in [7, 11) is 0. The Balaban J connectivity index is 2.01. The summed E-state index contributed by atoms with van der Waals surface area (Å²) in [5.41, 5.74) is 2.35. The molecule has 1 saturated heterocycles. The Morgan fingerprint density at radius 2 is 2.32 bits per heavy atom. The van der Waals surface area contributed by atoms with Gasteiger partial charge in [0, 0.05) is 26.2 Å². The molecule has 0 aromatic heterocycles. The molecule has 0 radical (unpaired) electrons. The summed E-state index contributed by atoms with van der Waals surface area (Å²) >= 11 is 6.39. The van der Waals surface area contributed by atoms with Crippen molar-refractivity contribution < 1.29 is 5.11 Å². The minimum atomic E-state index is 0.286. The summed E-state index contributed by atoms with van der Waals surface area (Å²) in [4.78, 5) is 2.33. The Hall–Kier alpha value is -0.770. The summed E-state index contributed by atoms with van der Waals surface area (Å²) in [5.74, 6) is 0.600. The zero-order valence-corrected chi connectivity index (χ0v) is 12.3. The van der Waals surface area contributed by atoms with Crippen molar-refractivity contribution in [2.75, 3.05) is 31.1 Å². The number of benzene rings is 1. The molecule has 0 aliphatic carbocycles. The van der Waals surface area contributed by atoms with Crippen LogP contribution in [-0.4, -0.2) is 31.3 Å². The van der Waals surface area contributed by atoms with Crippen LogP contribution in [0.3, 0.4) is 0 Å². The number of aliphatic hydroxyl groups is 1. The monoisotopic (exact) mass is 282 g/mol. The zero-order chi connectivity index (χ0) is 13.7. The number of nitrogens with zero attached hydrogens (tertiary/aromatic N) is 1. The predicted octanol–water partition coefficient (Wildman–Crippen LogP) is 2.66. The molecule has 1 aromatic rings. The van der Waals surface area contributed by atoms with Gasteiger partial charge < -0.3 is 15.3 Å². The second kappa shape index (κ2) is 7.13. The molecule has 1 aromatic carbocycles. The zero-order valence-electron chi connectivity index (χ0n) is 11.5. The Bertz CT molecular complexity index is 411. The minimum Gasteiger partial charge on any atom is -0.396 e. The first kappa shape index (κ1) is 14.6. The molecule has 1 atom stereocenters. The summed E-state index contributed by atoms with van der Waals surface area (Å²) in [6.45, 7) is 6.26. The third-order valence-corrected chi connectivity index (χ3v) is 4.06. The van der Waals surface area contributed by atoms with Gasteiger partial charge in [-0.3, -0.25) is 0 Å². The smallest absolute Gasteiger partial charge is 0.0642 e. The molecule has 0 amide bonds. The van der Waals surface area contributed by atoms with E-state index in [9.17, 15) is 0 Å². The minimum absolute atomic E-state index is 0.286. The lowest BCUT2D eigenvalue weighted by Gasteiger charge is -2.20. The highest BCUT2D eigenvalue weighted by Gasteiger charge is 2.23. The lowest BCUT2D eigenvalue weighted by Crippen LogP contribution is -2.20. The van der Waals surface area contributed by atoms with Crippen molar-refractivity contribution in [2.45, 2.75) is 26.3 Å². The average molecular weight is 283 g/mol. The van der Waals surface area contributed by atoms with E-state index in [-0.39, 0.29) is 6.61 Å². The molecule has 1 fully saturated rings. The fourth-order valence-electron chi connectivity index (χ4n) is 2.66. The molecule has 3 nitrogen and oxygen atoms in total. The number of anilines is 1. The number of aliphatic hydroxyl groups excluding tert-OH is 1. The van der Waals surface area contributed by atoms with Gasteiger partial charge in [-0.25, -0.2) is 0 Å². The van der Waals surface area contributed by atoms with Crippen molar-refractivity contribution in [1.82, 2.24) is 5.32 Å². The first-order chi connectivity index (χ1) is 9.24. The van der Waals surface area contributed by atoms with E-state index >= 15 is 0 Å². The van der Waals surface area contributed by atoms with Crippen molar-refractivity contribution in [1.29, 1.82) is 0 Å². The number of rotatable bonds is 6. The van der Waals surface area contributed by atoms with Crippen LogP contribution < -0.4 is 10.2 Å². The maximum Gasteiger partial charge on any atom is 0.0642 e. The van der Waals surface area contributed by atoms with Gasteiger partial charge in [0.2, 0.25) is 0 Å². The van der Waals surface area contributed by atoms with Gasteiger partial charge in [0.15, 0.2) is 0 Å². The van der Waals surface area contributed by atoms with E-state index in [0.717, 1.165) is 49.7 Å². The van der Waals surface area contributed by atoms with Crippen LogP contribution >= 0.6 is 11.6 Å². The Morgan fingerprint density at radius 3 is 3.00 bits per heavy atom. The van der Waals surface area contributed by atoms with Gasteiger partial charge in [0.05, 0.1) is 10.7 Å². The number of nitrogens with one attached hydrogen (secondary N) is 1. The molecule has 1 unspecified atom stereocenters. The maximum atomic E-state index is 9.01. The van der Waals surface area contributed by atoms with Crippen molar-refractivity contribution in [3.8, 4) is 0 Å². The van der Waals surface area contributed by atoms with Crippen LogP contribution in [0, 0.1) is 5.92 Å². The standard InChI is InChI=1S/C15H23ClN2O/c1-2-17-10-13-3-4-15(14(16)9-13)18-7-5-12(11-18)6-8-19/h3-4,9,12,17,19H,2,5-8,10-11H2,1H3. The highest BCUT2D eigenvalue weighted by Crippen LogP contribution is 2.32. The first-order valence-electron chi connectivity index (χ1n) is 7.09. The number of halogens is 1. The Morgan fingerprint density at radius 1 is 1.47 bits per heavy atom. The Labute approximate surface area is 120 Å². The molecule has 1 heterocycles. The van der Waals surface area contributed by atoms with E-state index in [2.05, 4.69) is 35.3 Å². The molecule has 1 aliphatic heterocycles. The molecular formula is C15H23ClN2O. The van der Waals surface area contributed by atoms with Gasteiger partial charge >= 0.3 is 0 Å².